The van der Waals surface area contributed by atoms with Gasteiger partial charge in [0.25, 0.3) is 11.6 Å². The summed E-state index contributed by atoms with van der Waals surface area (Å²) in [6, 6.07) is 8.44. The van der Waals surface area contributed by atoms with Crippen molar-refractivity contribution in [3.05, 3.63) is 64.1 Å². The summed E-state index contributed by atoms with van der Waals surface area (Å²) in [6.45, 7) is 0.0536. The van der Waals surface area contributed by atoms with Gasteiger partial charge in [-0.1, -0.05) is 12.1 Å². The highest BCUT2D eigenvalue weighted by atomic mass is 32.2. The van der Waals surface area contributed by atoms with Gasteiger partial charge < -0.3 is 9.32 Å². The van der Waals surface area contributed by atoms with Gasteiger partial charge in [0.1, 0.15) is 11.3 Å². The predicted molar refractivity (Wildman–Crippen MR) is 88.7 cm³/mol. The summed E-state index contributed by atoms with van der Waals surface area (Å²) < 4.78 is 28.9. The van der Waals surface area contributed by atoms with Crippen LogP contribution < -0.4 is 0 Å². The molecule has 1 aromatic heterocycles. The Bertz CT molecular complexity index is 891. The molecule has 1 fully saturated rings. The topological polar surface area (TPSA) is 111 Å². The lowest BCUT2D eigenvalue weighted by Crippen LogP contribution is -2.40. The fourth-order valence-corrected chi connectivity index (χ4v) is 4.66. The predicted octanol–water partition coefficient (Wildman–Crippen LogP) is 2.02. The van der Waals surface area contributed by atoms with E-state index in [4.69, 9.17) is 4.42 Å². The quantitative estimate of drug-likeness (QED) is 0.593. The Kier molecular flexibility index (Phi) is 4.58. The zero-order chi connectivity index (χ0) is 18.0. The van der Waals surface area contributed by atoms with Gasteiger partial charge in [0.2, 0.25) is 0 Å². The van der Waals surface area contributed by atoms with Crippen molar-refractivity contribution in [1.29, 1.82) is 0 Å². The monoisotopic (exact) mass is 364 g/mol. The van der Waals surface area contributed by atoms with Crippen LogP contribution in [-0.2, 0) is 16.4 Å². The van der Waals surface area contributed by atoms with Gasteiger partial charge in [0.15, 0.2) is 9.84 Å². The highest BCUT2D eigenvalue weighted by Gasteiger charge is 2.37. The number of nitro groups is 1. The minimum absolute atomic E-state index is 0.00349. The third-order valence-electron chi connectivity index (χ3n) is 4.15. The number of carbonyl (C=O) groups excluding carboxylic acids is 1. The molecule has 1 saturated heterocycles. The number of sulfone groups is 1. The Morgan fingerprint density at radius 3 is 2.64 bits per heavy atom. The molecule has 0 bridgehead atoms. The first-order valence-corrected chi connectivity index (χ1v) is 9.47. The van der Waals surface area contributed by atoms with Crippen LogP contribution in [0.15, 0.2) is 47.1 Å². The summed E-state index contributed by atoms with van der Waals surface area (Å²) in [6.07, 6.45) is 1.75. The van der Waals surface area contributed by atoms with Crippen LogP contribution in [0.1, 0.15) is 22.5 Å². The third-order valence-corrected chi connectivity index (χ3v) is 5.90. The van der Waals surface area contributed by atoms with Gasteiger partial charge in [-0.2, -0.15) is 0 Å². The van der Waals surface area contributed by atoms with E-state index in [1.807, 2.05) is 0 Å². The minimum atomic E-state index is -3.22. The summed E-state index contributed by atoms with van der Waals surface area (Å²) in [5.41, 5.74) is -0.374. The largest absolute Gasteiger partial charge is 0.467 e. The number of furan rings is 1. The molecule has 132 valence electrons. The Morgan fingerprint density at radius 1 is 1.28 bits per heavy atom. The summed E-state index contributed by atoms with van der Waals surface area (Å²) in [4.78, 5) is 24.9. The van der Waals surface area contributed by atoms with E-state index >= 15 is 0 Å². The molecule has 8 nitrogen and oxygen atoms in total. The number of amides is 1. The van der Waals surface area contributed by atoms with Gasteiger partial charge in [-0.05, 0) is 24.6 Å². The van der Waals surface area contributed by atoms with E-state index < -0.39 is 26.7 Å². The van der Waals surface area contributed by atoms with E-state index in [1.54, 1.807) is 12.1 Å². The van der Waals surface area contributed by atoms with Crippen LogP contribution in [0.2, 0.25) is 0 Å². The smallest absolute Gasteiger partial charge is 0.282 e. The zero-order valence-electron chi connectivity index (χ0n) is 13.2. The second-order valence-corrected chi connectivity index (χ2v) is 8.07. The molecular formula is C16H16N2O6S. The highest BCUT2D eigenvalue weighted by Crippen LogP contribution is 2.26. The van der Waals surface area contributed by atoms with Crippen molar-refractivity contribution in [3.63, 3.8) is 0 Å². The average molecular weight is 364 g/mol. The molecule has 0 N–H and O–H groups in total. The number of para-hydroxylation sites is 1. The van der Waals surface area contributed by atoms with Gasteiger partial charge >= 0.3 is 0 Å². The molecule has 0 aliphatic carbocycles. The molecule has 1 amide bonds. The first kappa shape index (κ1) is 17.2. The van der Waals surface area contributed by atoms with Crippen molar-refractivity contribution in [2.24, 2.45) is 0 Å². The van der Waals surface area contributed by atoms with Gasteiger partial charge in [-0.3, -0.25) is 14.9 Å². The molecule has 9 heteroatoms. The minimum Gasteiger partial charge on any atom is -0.467 e. The second-order valence-electron chi connectivity index (χ2n) is 5.84. The van der Waals surface area contributed by atoms with Crippen LogP contribution in [0.25, 0.3) is 0 Å². The number of benzene rings is 1. The third kappa shape index (κ3) is 3.71. The maximum Gasteiger partial charge on any atom is 0.282 e. The maximum absolute atomic E-state index is 13.0. The average Bonchev–Trinajstić information content (AvgIpc) is 3.21. The molecule has 2 aromatic rings. The Hall–Kier alpha value is -2.68. The molecule has 0 spiro atoms. The first-order chi connectivity index (χ1) is 11.9. The van der Waals surface area contributed by atoms with E-state index in [1.165, 1.54) is 35.4 Å². The van der Waals surface area contributed by atoms with Crippen molar-refractivity contribution in [2.45, 2.75) is 19.0 Å². The molecule has 2 heterocycles. The SMILES string of the molecule is O=C(c1ccccc1[N+](=O)[O-])N(Cc1ccco1)C1CCS(=O)(=O)C1. The molecule has 1 unspecified atom stereocenters. The van der Waals surface area contributed by atoms with Crippen LogP contribution in [0, 0.1) is 10.1 Å². The number of carbonyl (C=O) groups is 1. The summed E-state index contributed by atoms with van der Waals surface area (Å²) >= 11 is 0. The molecule has 0 saturated carbocycles. The van der Waals surface area contributed by atoms with Gasteiger partial charge in [-0.15, -0.1) is 0 Å². The van der Waals surface area contributed by atoms with Gasteiger partial charge in [-0.25, -0.2) is 8.42 Å². The van der Waals surface area contributed by atoms with E-state index in [9.17, 15) is 23.3 Å². The molecule has 1 aliphatic rings. The second kappa shape index (κ2) is 6.67. The van der Waals surface area contributed by atoms with Crippen molar-refractivity contribution in [1.82, 2.24) is 4.90 Å². The van der Waals surface area contributed by atoms with Gasteiger partial charge in [0, 0.05) is 12.1 Å². The van der Waals surface area contributed by atoms with E-state index in [0.717, 1.165) is 0 Å². The van der Waals surface area contributed by atoms with E-state index in [2.05, 4.69) is 0 Å². The summed E-state index contributed by atoms with van der Waals surface area (Å²) in [5.74, 6) is -0.252. The Balaban J connectivity index is 1.96. The maximum atomic E-state index is 13.0. The fraction of sp³-hybridized carbons (Fsp3) is 0.312. The summed E-state index contributed by atoms with van der Waals surface area (Å²) in [5, 5.41) is 11.2. The number of nitrogens with zero attached hydrogens (tertiary/aromatic N) is 2. The number of hydrogen-bond donors (Lipinski definition) is 0. The lowest BCUT2D eigenvalue weighted by molar-refractivity contribution is -0.385. The molecule has 3 rings (SSSR count). The van der Waals surface area contributed by atoms with Crippen LogP contribution in [0.4, 0.5) is 5.69 Å². The number of nitro benzene ring substituents is 1. The molecule has 0 radical (unpaired) electrons. The van der Waals surface area contributed by atoms with E-state index in [0.29, 0.717) is 12.2 Å². The normalized spacial score (nSPS) is 18.8. The van der Waals surface area contributed by atoms with Crippen LogP contribution in [0.3, 0.4) is 0 Å². The van der Waals surface area contributed by atoms with Crippen molar-refractivity contribution in [3.8, 4) is 0 Å². The first-order valence-electron chi connectivity index (χ1n) is 7.64. The number of hydrogen-bond acceptors (Lipinski definition) is 6. The van der Waals surface area contributed by atoms with Crippen molar-refractivity contribution < 1.29 is 22.6 Å². The fourth-order valence-electron chi connectivity index (χ4n) is 2.93. The number of rotatable bonds is 5. The zero-order valence-corrected chi connectivity index (χ0v) is 14.0. The standard InChI is InChI=1S/C16H16N2O6S/c19-16(14-5-1-2-6-15(14)18(20)21)17(10-13-4-3-8-24-13)12-7-9-25(22,23)11-12/h1-6,8,12H,7,9-11H2. The van der Waals surface area contributed by atoms with Crippen LogP contribution in [-0.4, -0.2) is 41.7 Å². The Labute approximate surface area is 144 Å². The molecular weight excluding hydrogens is 348 g/mol. The van der Waals surface area contributed by atoms with Crippen molar-refractivity contribution >= 4 is 21.4 Å². The van der Waals surface area contributed by atoms with Crippen molar-refractivity contribution in [2.75, 3.05) is 11.5 Å². The highest BCUT2D eigenvalue weighted by molar-refractivity contribution is 7.91. The van der Waals surface area contributed by atoms with Gasteiger partial charge in [0.05, 0.1) is 29.2 Å². The lowest BCUT2D eigenvalue weighted by Gasteiger charge is -2.27. The lowest BCUT2D eigenvalue weighted by atomic mass is 10.1. The summed E-state index contributed by atoms with van der Waals surface area (Å²) in [7, 11) is -3.22. The van der Waals surface area contributed by atoms with Crippen LogP contribution >= 0.6 is 0 Å². The molecule has 1 aromatic carbocycles. The molecule has 1 aliphatic heterocycles. The molecule has 1 atom stereocenters. The molecule has 25 heavy (non-hydrogen) atoms. The van der Waals surface area contributed by atoms with Crippen LogP contribution in [0.5, 0.6) is 0 Å². The van der Waals surface area contributed by atoms with E-state index in [-0.39, 0.29) is 29.3 Å². The Morgan fingerprint density at radius 2 is 2.04 bits per heavy atom.